The Morgan fingerprint density at radius 2 is 1.73 bits per heavy atom. The van der Waals surface area contributed by atoms with Gasteiger partial charge in [-0.15, -0.1) is 0 Å². The van der Waals surface area contributed by atoms with Gasteiger partial charge in [0.2, 0.25) is 5.78 Å². The second-order valence-corrected chi connectivity index (χ2v) is 5.52. The number of benzene rings is 2. The van der Waals surface area contributed by atoms with Gasteiger partial charge in [-0.2, -0.15) is 0 Å². The second-order valence-electron chi connectivity index (χ2n) is 4.68. The summed E-state index contributed by atoms with van der Waals surface area (Å²) >= 11 is 11.8. The molecule has 0 fully saturated rings. The van der Waals surface area contributed by atoms with Crippen molar-refractivity contribution in [3.63, 3.8) is 0 Å². The molecule has 0 spiro atoms. The van der Waals surface area contributed by atoms with E-state index in [9.17, 15) is 14.7 Å². The highest BCUT2D eigenvalue weighted by atomic mass is 35.5. The van der Waals surface area contributed by atoms with Crippen LogP contribution < -0.4 is 5.56 Å². The number of aromatic amines is 1. The fourth-order valence-electron chi connectivity index (χ4n) is 2.23. The maximum Gasteiger partial charge on any atom is 0.256 e. The summed E-state index contributed by atoms with van der Waals surface area (Å²) in [5.41, 5.74) is -0.512. The highest BCUT2D eigenvalue weighted by Crippen LogP contribution is 2.29. The quantitative estimate of drug-likeness (QED) is 0.701. The second kappa shape index (κ2) is 5.48. The van der Waals surface area contributed by atoms with Crippen molar-refractivity contribution in [3.8, 4) is 5.75 Å². The van der Waals surface area contributed by atoms with E-state index in [1.807, 2.05) is 0 Å². The Balaban J connectivity index is 2.24. The molecular weight excluding hydrogens is 325 g/mol. The minimum atomic E-state index is -0.581. The van der Waals surface area contributed by atoms with Crippen molar-refractivity contribution in [3.05, 3.63) is 74.1 Å². The third-order valence-corrected chi connectivity index (χ3v) is 3.85. The highest BCUT2D eigenvalue weighted by molar-refractivity contribution is 6.37. The molecule has 0 aliphatic carbocycles. The summed E-state index contributed by atoms with van der Waals surface area (Å²) in [6.07, 6.45) is 0. The smallest absolute Gasteiger partial charge is 0.256 e. The van der Waals surface area contributed by atoms with Crippen LogP contribution in [-0.4, -0.2) is 15.9 Å². The number of ketones is 1. The molecule has 2 N–H and O–H groups in total. The van der Waals surface area contributed by atoms with Crippen molar-refractivity contribution in [2.45, 2.75) is 0 Å². The lowest BCUT2D eigenvalue weighted by molar-refractivity contribution is 0.103. The van der Waals surface area contributed by atoms with Gasteiger partial charge < -0.3 is 10.1 Å². The molecule has 3 rings (SSSR count). The zero-order valence-electron chi connectivity index (χ0n) is 11.1. The normalized spacial score (nSPS) is 10.8. The maximum atomic E-state index is 12.5. The largest absolute Gasteiger partial charge is 0.505 e. The summed E-state index contributed by atoms with van der Waals surface area (Å²) in [7, 11) is 0. The molecule has 110 valence electrons. The summed E-state index contributed by atoms with van der Waals surface area (Å²) in [5.74, 6) is -0.867. The van der Waals surface area contributed by atoms with Gasteiger partial charge in [0.25, 0.3) is 5.56 Å². The van der Waals surface area contributed by atoms with Gasteiger partial charge in [-0.1, -0.05) is 41.4 Å². The Morgan fingerprint density at radius 3 is 2.41 bits per heavy atom. The van der Waals surface area contributed by atoms with Crippen LogP contribution in [0.25, 0.3) is 10.8 Å². The first-order valence-corrected chi connectivity index (χ1v) is 7.08. The summed E-state index contributed by atoms with van der Waals surface area (Å²) in [6, 6.07) is 10.9. The van der Waals surface area contributed by atoms with Gasteiger partial charge in [0.05, 0.1) is 10.4 Å². The van der Waals surface area contributed by atoms with Crippen molar-refractivity contribution >= 4 is 39.8 Å². The van der Waals surface area contributed by atoms with Crippen LogP contribution in [0.5, 0.6) is 5.75 Å². The average Bonchev–Trinajstić information content (AvgIpc) is 2.50. The minimum absolute atomic E-state index is 0.144. The summed E-state index contributed by atoms with van der Waals surface area (Å²) in [6.45, 7) is 0. The molecule has 0 amide bonds. The van der Waals surface area contributed by atoms with Crippen LogP contribution >= 0.6 is 23.2 Å². The number of rotatable bonds is 2. The number of nitrogens with one attached hydrogen (secondary N) is 1. The summed E-state index contributed by atoms with van der Waals surface area (Å²) in [4.78, 5) is 27.0. The molecule has 4 nitrogen and oxygen atoms in total. The number of aromatic nitrogens is 1. The number of carbonyl (C=O) groups is 1. The highest BCUT2D eigenvalue weighted by Gasteiger charge is 2.20. The Kier molecular flexibility index (Phi) is 3.64. The lowest BCUT2D eigenvalue weighted by atomic mass is 10.0. The van der Waals surface area contributed by atoms with Gasteiger partial charge >= 0.3 is 0 Å². The minimum Gasteiger partial charge on any atom is -0.505 e. The number of carbonyl (C=O) groups excluding carboxylic acids is 1. The van der Waals surface area contributed by atoms with Crippen LogP contribution in [0.1, 0.15) is 16.1 Å². The van der Waals surface area contributed by atoms with Crippen molar-refractivity contribution in [2.75, 3.05) is 0 Å². The predicted molar refractivity (Wildman–Crippen MR) is 86.1 cm³/mol. The molecule has 1 heterocycles. The molecule has 22 heavy (non-hydrogen) atoms. The summed E-state index contributed by atoms with van der Waals surface area (Å²) < 4.78 is 0. The van der Waals surface area contributed by atoms with Crippen molar-refractivity contribution < 1.29 is 9.90 Å². The number of hydrogen-bond acceptors (Lipinski definition) is 3. The van der Waals surface area contributed by atoms with Crippen molar-refractivity contribution in [1.29, 1.82) is 0 Å². The monoisotopic (exact) mass is 333 g/mol. The third kappa shape index (κ3) is 2.36. The molecule has 0 aliphatic heterocycles. The third-order valence-electron chi connectivity index (χ3n) is 3.30. The number of halogens is 2. The molecule has 1 aromatic heterocycles. The molecule has 0 bridgehead atoms. The van der Waals surface area contributed by atoms with Crippen LogP contribution in [0.4, 0.5) is 0 Å². The Hall–Kier alpha value is -2.30. The zero-order chi connectivity index (χ0) is 15.9. The first kappa shape index (κ1) is 14.6. The Morgan fingerprint density at radius 1 is 1.05 bits per heavy atom. The Labute approximate surface area is 134 Å². The standard InChI is InChI=1S/C16H9Cl2NO3/c17-8-5-6-11(12(18)7-8)15(21)13-14(20)9-3-1-2-4-10(9)16(22)19-13/h1-7,20H,(H,19,22). The van der Waals surface area contributed by atoms with Gasteiger partial charge in [0.1, 0.15) is 5.69 Å². The fourth-order valence-corrected chi connectivity index (χ4v) is 2.73. The molecule has 0 radical (unpaired) electrons. The van der Waals surface area contributed by atoms with Crippen LogP contribution in [0.2, 0.25) is 10.0 Å². The molecule has 0 saturated carbocycles. The van der Waals surface area contributed by atoms with E-state index in [4.69, 9.17) is 23.2 Å². The summed E-state index contributed by atoms with van der Waals surface area (Å²) in [5, 5.41) is 11.4. The number of aromatic hydroxyl groups is 1. The van der Waals surface area contributed by atoms with Crippen LogP contribution in [0.3, 0.4) is 0 Å². The van der Waals surface area contributed by atoms with E-state index < -0.39 is 11.3 Å². The zero-order valence-corrected chi connectivity index (χ0v) is 12.6. The fraction of sp³-hybridized carbons (Fsp3) is 0. The number of H-pyrrole nitrogens is 1. The van der Waals surface area contributed by atoms with Gasteiger partial charge in [-0.3, -0.25) is 9.59 Å². The van der Waals surface area contributed by atoms with Gasteiger partial charge in [0, 0.05) is 16.0 Å². The molecule has 0 unspecified atom stereocenters. The lowest BCUT2D eigenvalue weighted by Crippen LogP contribution is -2.14. The molecule has 0 atom stereocenters. The van der Waals surface area contributed by atoms with E-state index in [0.717, 1.165) is 0 Å². The molecule has 0 aliphatic rings. The molecular formula is C16H9Cl2NO3. The molecule has 0 saturated heterocycles. The lowest BCUT2D eigenvalue weighted by Gasteiger charge is -2.08. The van der Waals surface area contributed by atoms with Gasteiger partial charge in [0.15, 0.2) is 5.75 Å². The van der Waals surface area contributed by atoms with Crippen molar-refractivity contribution in [2.24, 2.45) is 0 Å². The van der Waals surface area contributed by atoms with Gasteiger partial charge in [-0.05, 0) is 24.3 Å². The maximum absolute atomic E-state index is 12.5. The number of pyridine rings is 1. The van der Waals surface area contributed by atoms with Crippen LogP contribution in [-0.2, 0) is 0 Å². The van der Waals surface area contributed by atoms with E-state index in [0.29, 0.717) is 15.8 Å². The van der Waals surface area contributed by atoms with E-state index in [1.54, 1.807) is 24.3 Å². The van der Waals surface area contributed by atoms with Crippen LogP contribution in [0, 0.1) is 0 Å². The van der Waals surface area contributed by atoms with Crippen LogP contribution in [0.15, 0.2) is 47.3 Å². The molecule has 2 aromatic carbocycles. The van der Waals surface area contributed by atoms with E-state index >= 15 is 0 Å². The van der Waals surface area contributed by atoms with Gasteiger partial charge in [-0.25, -0.2) is 0 Å². The van der Waals surface area contributed by atoms with E-state index in [2.05, 4.69) is 4.98 Å². The first-order valence-electron chi connectivity index (χ1n) is 6.33. The predicted octanol–water partition coefficient (Wildman–Crippen LogP) is 3.77. The number of hydrogen-bond donors (Lipinski definition) is 2. The molecule has 6 heteroatoms. The number of fused-ring (bicyclic) bond motifs is 1. The first-order chi connectivity index (χ1) is 10.5. The SMILES string of the molecule is O=C(c1ccc(Cl)cc1Cl)c1[nH]c(=O)c2ccccc2c1O. The van der Waals surface area contributed by atoms with E-state index in [-0.39, 0.29) is 22.0 Å². The van der Waals surface area contributed by atoms with E-state index in [1.165, 1.54) is 18.2 Å². The topological polar surface area (TPSA) is 70.2 Å². The van der Waals surface area contributed by atoms with Crippen molar-refractivity contribution in [1.82, 2.24) is 4.98 Å². The average molecular weight is 334 g/mol. The Bertz CT molecular complexity index is 963. The molecule has 3 aromatic rings.